The van der Waals surface area contributed by atoms with Gasteiger partial charge in [0.1, 0.15) is 5.54 Å². The van der Waals surface area contributed by atoms with E-state index < -0.39 is 5.54 Å². The highest BCUT2D eigenvalue weighted by molar-refractivity contribution is 6.07. The van der Waals surface area contributed by atoms with Gasteiger partial charge in [-0.1, -0.05) is 0 Å². The number of nitrogens with zero attached hydrogens (tertiary/aromatic N) is 3. The van der Waals surface area contributed by atoms with Crippen LogP contribution in [0.3, 0.4) is 0 Å². The second kappa shape index (κ2) is 6.22. The normalized spacial score (nSPS) is 20.0. The maximum atomic E-state index is 12.6. The first-order valence-corrected chi connectivity index (χ1v) is 8.25. The van der Waals surface area contributed by atoms with E-state index in [1.807, 2.05) is 26.0 Å². The third-order valence-corrected chi connectivity index (χ3v) is 4.78. The molecule has 128 valence electrons. The Morgan fingerprint density at radius 3 is 2.42 bits per heavy atom. The van der Waals surface area contributed by atoms with Gasteiger partial charge in [-0.05, 0) is 44.4 Å². The fraction of sp³-hybridized carbons (Fsp3) is 0.529. The summed E-state index contributed by atoms with van der Waals surface area (Å²) in [5, 5.41) is 2.85. The Hall–Kier alpha value is -2.44. The topological polar surface area (TPSA) is 82.6 Å². The minimum absolute atomic E-state index is 0.0357. The highest BCUT2D eigenvalue weighted by Gasteiger charge is 2.53. The van der Waals surface area contributed by atoms with Crippen LogP contribution < -0.4 is 5.32 Å². The number of carbonyl (C=O) groups excluding carboxylic acids is 3. The van der Waals surface area contributed by atoms with Crippen LogP contribution in [0.25, 0.3) is 0 Å². The second-order valence-electron chi connectivity index (χ2n) is 6.69. The van der Waals surface area contributed by atoms with Crippen molar-refractivity contribution in [2.45, 2.75) is 44.7 Å². The van der Waals surface area contributed by atoms with Crippen molar-refractivity contribution in [3.8, 4) is 0 Å². The summed E-state index contributed by atoms with van der Waals surface area (Å²) >= 11 is 0. The molecule has 2 saturated heterocycles. The minimum Gasteiger partial charge on any atom is -0.342 e. The monoisotopic (exact) mass is 330 g/mol. The number of hydrogen-bond acceptors (Lipinski definition) is 4. The molecular formula is C17H22N4O3. The second-order valence-corrected chi connectivity index (χ2v) is 6.69. The van der Waals surface area contributed by atoms with E-state index >= 15 is 0 Å². The number of aromatic nitrogens is 1. The molecule has 4 amide bonds. The molecule has 2 aliphatic heterocycles. The maximum absolute atomic E-state index is 12.6. The number of urea groups is 1. The number of nitrogens with one attached hydrogen (secondary N) is 1. The molecule has 0 aliphatic carbocycles. The highest BCUT2D eigenvalue weighted by atomic mass is 16.2. The lowest BCUT2D eigenvalue weighted by Gasteiger charge is -2.37. The molecule has 0 saturated carbocycles. The van der Waals surface area contributed by atoms with Crippen molar-refractivity contribution >= 4 is 17.8 Å². The van der Waals surface area contributed by atoms with Crippen molar-refractivity contribution in [2.24, 2.45) is 0 Å². The number of pyridine rings is 1. The number of carbonyl (C=O) groups is 3. The van der Waals surface area contributed by atoms with Crippen molar-refractivity contribution in [3.05, 3.63) is 30.1 Å². The first kappa shape index (κ1) is 16.4. The zero-order valence-corrected chi connectivity index (χ0v) is 14.0. The molecule has 0 aromatic carbocycles. The molecule has 3 rings (SSSR count). The van der Waals surface area contributed by atoms with Gasteiger partial charge in [-0.2, -0.15) is 0 Å². The Morgan fingerprint density at radius 2 is 1.88 bits per heavy atom. The van der Waals surface area contributed by atoms with Gasteiger partial charge in [0, 0.05) is 31.5 Å². The van der Waals surface area contributed by atoms with Gasteiger partial charge in [0.05, 0.1) is 6.42 Å². The molecule has 2 aliphatic rings. The minimum atomic E-state index is -0.838. The van der Waals surface area contributed by atoms with Crippen LogP contribution in [0.1, 0.15) is 32.3 Å². The van der Waals surface area contributed by atoms with Crippen LogP contribution in [0, 0.1) is 0 Å². The fourth-order valence-electron chi connectivity index (χ4n) is 3.37. The summed E-state index contributed by atoms with van der Waals surface area (Å²) in [6.07, 6.45) is 4.59. The van der Waals surface area contributed by atoms with Crippen LogP contribution in [-0.4, -0.2) is 57.3 Å². The average molecular weight is 330 g/mol. The summed E-state index contributed by atoms with van der Waals surface area (Å²) < 4.78 is 0. The Kier molecular flexibility index (Phi) is 4.26. The summed E-state index contributed by atoms with van der Waals surface area (Å²) in [7, 11) is 0. The van der Waals surface area contributed by atoms with E-state index in [1.165, 1.54) is 4.90 Å². The predicted octanol–water partition coefficient (Wildman–Crippen LogP) is 0.945. The zero-order chi connectivity index (χ0) is 17.3. The van der Waals surface area contributed by atoms with E-state index in [1.54, 1.807) is 17.3 Å². The molecule has 7 nitrogen and oxygen atoms in total. The van der Waals surface area contributed by atoms with Crippen LogP contribution in [0.2, 0.25) is 0 Å². The van der Waals surface area contributed by atoms with Gasteiger partial charge in [0.15, 0.2) is 0 Å². The van der Waals surface area contributed by atoms with Crippen molar-refractivity contribution in [2.75, 3.05) is 13.1 Å². The van der Waals surface area contributed by atoms with Gasteiger partial charge in [-0.3, -0.25) is 19.5 Å². The lowest BCUT2D eigenvalue weighted by atomic mass is 9.87. The molecule has 24 heavy (non-hydrogen) atoms. The van der Waals surface area contributed by atoms with Gasteiger partial charge in [-0.15, -0.1) is 0 Å². The first-order valence-electron chi connectivity index (χ1n) is 8.25. The first-order chi connectivity index (χ1) is 11.4. The molecule has 0 radical (unpaired) electrons. The Bertz CT molecular complexity index is 651. The summed E-state index contributed by atoms with van der Waals surface area (Å²) in [6, 6.07) is 3.16. The van der Waals surface area contributed by atoms with Crippen LogP contribution >= 0.6 is 0 Å². The van der Waals surface area contributed by atoms with Crippen LogP contribution in [-0.2, 0) is 16.0 Å². The summed E-state index contributed by atoms with van der Waals surface area (Å²) in [5.74, 6) is -0.128. The molecule has 0 atom stereocenters. The van der Waals surface area contributed by atoms with E-state index in [2.05, 4.69) is 10.3 Å². The fourth-order valence-corrected chi connectivity index (χ4v) is 3.37. The Labute approximate surface area is 141 Å². The smallest absolute Gasteiger partial charge is 0.325 e. The number of hydrogen-bond donors (Lipinski definition) is 1. The van der Waals surface area contributed by atoms with Gasteiger partial charge < -0.3 is 10.2 Å². The molecule has 7 heteroatoms. The standard InChI is InChI=1S/C17H22N4O3/c1-12(2)21-15(23)17(19-16(21)24)5-9-20(10-6-17)14(22)11-13-3-7-18-8-4-13/h3-4,7-8,12H,5-6,9-11H2,1-2H3,(H,19,24). The predicted molar refractivity (Wildman–Crippen MR) is 87.0 cm³/mol. The Balaban J connectivity index is 1.63. The molecule has 3 heterocycles. The average Bonchev–Trinajstić information content (AvgIpc) is 2.79. The van der Waals surface area contributed by atoms with Crippen LogP contribution in [0.5, 0.6) is 0 Å². The molecule has 2 fully saturated rings. The molecule has 1 aromatic rings. The number of likely N-dealkylation sites (tertiary alicyclic amines) is 1. The van der Waals surface area contributed by atoms with E-state index in [0.717, 1.165) is 5.56 Å². The van der Waals surface area contributed by atoms with Gasteiger partial charge >= 0.3 is 6.03 Å². The molecule has 0 bridgehead atoms. The largest absolute Gasteiger partial charge is 0.342 e. The van der Waals surface area contributed by atoms with Crippen molar-refractivity contribution in [1.82, 2.24) is 20.1 Å². The van der Waals surface area contributed by atoms with Crippen LogP contribution in [0.15, 0.2) is 24.5 Å². The van der Waals surface area contributed by atoms with E-state index in [-0.39, 0.29) is 23.9 Å². The quantitative estimate of drug-likeness (QED) is 0.837. The molecular weight excluding hydrogens is 308 g/mol. The summed E-state index contributed by atoms with van der Waals surface area (Å²) in [6.45, 7) is 4.59. The maximum Gasteiger partial charge on any atom is 0.325 e. The molecule has 1 N–H and O–H groups in total. The summed E-state index contributed by atoms with van der Waals surface area (Å²) in [4.78, 5) is 44.1. The zero-order valence-electron chi connectivity index (χ0n) is 14.0. The SMILES string of the molecule is CC(C)N1C(=O)NC2(CCN(C(=O)Cc3ccncc3)CC2)C1=O. The number of amides is 4. The molecule has 0 unspecified atom stereocenters. The van der Waals surface area contributed by atoms with Gasteiger partial charge in [0.25, 0.3) is 5.91 Å². The van der Waals surface area contributed by atoms with Crippen LogP contribution in [0.4, 0.5) is 4.79 Å². The lowest BCUT2D eigenvalue weighted by Crippen LogP contribution is -2.56. The van der Waals surface area contributed by atoms with E-state index in [4.69, 9.17) is 0 Å². The third-order valence-electron chi connectivity index (χ3n) is 4.78. The molecule has 1 spiro atoms. The van der Waals surface area contributed by atoms with Crippen molar-refractivity contribution in [1.29, 1.82) is 0 Å². The number of imide groups is 1. The Morgan fingerprint density at radius 1 is 1.25 bits per heavy atom. The van der Waals surface area contributed by atoms with Gasteiger partial charge in [0.2, 0.25) is 5.91 Å². The highest BCUT2D eigenvalue weighted by Crippen LogP contribution is 2.30. The van der Waals surface area contributed by atoms with Crippen molar-refractivity contribution in [3.63, 3.8) is 0 Å². The summed E-state index contributed by atoms with van der Waals surface area (Å²) in [5.41, 5.74) is 0.0842. The van der Waals surface area contributed by atoms with Crippen molar-refractivity contribution < 1.29 is 14.4 Å². The molecule has 1 aromatic heterocycles. The number of rotatable bonds is 3. The van der Waals surface area contributed by atoms with Gasteiger partial charge in [-0.25, -0.2) is 4.79 Å². The number of piperidine rings is 1. The lowest BCUT2D eigenvalue weighted by molar-refractivity contribution is -0.138. The third kappa shape index (κ3) is 2.86. The van der Waals surface area contributed by atoms with E-state index in [9.17, 15) is 14.4 Å². The van der Waals surface area contributed by atoms with E-state index in [0.29, 0.717) is 32.4 Å².